The number of aromatic nitrogens is 2. The molecule has 2 amide bonds. The minimum atomic E-state index is -0.176. The second-order valence-corrected chi connectivity index (χ2v) is 8.32. The number of amides is 2. The van der Waals surface area contributed by atoms with E-state index < -0.39 is 0 Å². The molecule has 4 aromatic rings. The van der Waals surface area contributed by atoms with Gasteiger partial charge in [0.05, 0.1) is 13.7 Å². The number of rotatable bonds is 7. The number of carbonyl (C=O) groups is 2. The van der Waals surface area contributed by atoms with Crippen LogP contribution in [0.25, 0.3) is 10.9 Å². The summed E-state index contributed by atoms with van der Waals surface area (Å²) in [4.78, 5) is 34.9. The molecule has 2 N–H and O–H groups in total. The van der Waals surface area contributed by atoms with Crippen molar-refractivity contribution >= 4 is 28.4 Å². The molecule has 0 atom stereocenters. The number of ether oxygens (including phenoxy) is 2. The van der Waals surface area contributed by atoms with Crippen LogP contribution in [0.15, 0.2) is 67.0 Å². The zero-order valence-electron chi connectivity index (χ0n) is 19.4. The predicted molar refractivity (Wildman–Crippen MR) is 133 cm³/mol. The monoisotopic (exact) mass is 470 g/mol. The molecule has 1 aliphatic rings. The minimum absolute atomic E-state index is 0.0759. The van der Waals surface area contributed by atoms with Gasteiger partial charge in [-0.05, 0) is 36.2 Å². The van der Waals surface area contributed by atoms with Gasteiger partial charge in [-0.2, -0.15) is 0 Å². The first-order chi connectivity index (χ1) is 17.1. The number of pyridine rings is 1. The van der Waals surface area contributed by atoms with Gasteiger partial charge in [-0.15, -0.1) is 0 Å². The Morgan fingerprint density at radius 3 is 2.89 bits per heavy atom. The van der Waals surface area contributed by atoms with E-state index in [4.69, 9.17) is 9.47 Å². The van der Waals surface area contributed by atoms with Crippen molar-refractivity contribution in [3.8, 4) is 17.4 Å². The fourth-order valence-electron chi connectivity index (χ4n) is 4.32. The average Bonchev–Trinajstić information content (AvgIpc) is 3.21. The lowest BCUT2D eigenvalue weighted by atomic mass is 10.1. The Kier molecular flexibility index (Phi) is 6.34. The van der Waals surface area contributed by atoms with Gasteiger partial charge in [-0.25, -0.2) is 4.98 Å². The van der Waals surface area contributed by atoms with Gasteiger partial charge in [0.2, 0.25) is 17.7 Å². The van der Waals surface area contributed by atoms with Crippen LogP contribution in [-0.4, -0.2) is 35.4 Å². The van der Waals surface area contributed by atoms with Gasteiger partial charge in [-0.3, -0.25) is 9.59 Å². The Morgan fingerprint density at radius 2 is 2.00 bits per heavy atom. The number of methoxy groups -OCH3 is 1. The SMILES string of the molecule is COc1cccc2c1Oc1ncccc1N(C(=O)CCC(=O)NCCc1c[nH]c3ccccc13)C2. The van der Waals surface area contributed by atoms with E-state index in [0.717, 1.165) is 22.0 Å². The molecule has 8 heteroatoms. The number of hydrogen-bond acceptors (Lipinski definition) is 5. The number of hydrogen-bond donors (Lipinski definition) is 2. The highest BCUT2D eigenvalue weighted by atomic mass is 16.5. The number of nitrogens with zero attached hydrogens (tertiary/aromatic N) is 2. The molecule has 0 spiro atoms. The van der Waals surface area contributed by atoms with Gasteiger partial charge in [0.25, 0.3) is 0 Å². The lowest BCUT2D eigenvalue weighted by molar-refractivity contribution is -0.125. The van der Waals surface area contributed by atoms with Crippen LogP contribution >= 0.6 is 0 Å². The minimum Gasteiger partial charge on any atom is -0.493 e. The van der Waals surface area contributed by atoms with E-state index in [9.17, 15) is 9.59 Å². The van der Waals surface area contributed by atoms with Crippen LogP contribution in [0.3, 0.4) is 0 Å². The highest BCUT2D eigenvalue weighted by Gasteiger charge is 2.28. The van der Waals surface area contributed by atoms with Crippen LogP contribution in [0.5, 0.6) is 17.4 Å². The number of nitrogens with one attached hydrogen (secondary N) is 2. The fraction of sp³-hybridized carbons (Fsp3) is 0.222. The Labute approximate surface area is 202 Å². The molecule has 5 rings (SSSR count). The Balaban J connectivity index is 1.22. The van der Waals surface area contributed by atoms with Crippen molar-refractivity contribution in [3.05, 3.63) is 78.1 Å². The Bertz CT molecular complexity index is 1380. The Hall–Kier alpha value is -4.33. The molecule has 0 radical (unpaired) electrons. The number of carbonyl (C=O) groups excluding carboxylic acids is 2. The molecular formula is C27H26N4O4. The molecule has 2 aromatic heterocycles. The summed E-state index contributed by atoms with van der Waals surface area (Å²) in [5, 5.41) is 4.09. The van der Waals surface area contributed by atoms with Crippen LogP contribution in [0.2, 0.25) is 0 Å². The predicted octanol–water partition coefficient (Wildman–Crippen LogP) is 4.35. The lowest BCUT2D eigenvalue weighted by Crippen LogP contribution is -2.32. The first-order valence-electron chi connectivity index (χ1n) is 11.5. The molecule has 0 aliphatic carbocycles. The maximum atomic E-state index is 13.2. The van der Waals surface area contributed by atoms with E-state index in [-0.39, 0.29) is 24.7 Å². The molecule has 0 saturated carbocycles. The summed E-state index contributed by atoms with van der Waals surface area (Å²) >= 11 is 0. The van der Waals surface area contributed by atoms with Crippen molar-refractivity contribution in [2.24, 2.45) is 0 Å². The number of para-hydroxylation sites is 2. The smallest absolute Gasteiger partial charge is 0.243 e. The van der Waals surface area contributed by atoms with Gasteiger partial charge >= 0.3 is 0 Å². The van der Waals surface area contributed by atoms with E-state index in [1.165, 1.54) is 0 Å². The molecule has 0 saturated heterocycles. The summed E-state index contributed by atoms with van der Waals surface area (Å²) in [7, 11) is 1.57. The van der Waals surface area contributed by atoms with Gasteiger partial charge in [-0.1, -0.05) is 30.3 Å². The van der Waals surface area contributed by atoms with E-state index >= 15 is 0 Å². The van der Waals surface area contributed by atoms with Crippen molar-refractivity contribution in [2.75, 3.05) is 18.6 Å². The van der Waals surface area contributed by atoms with Crippen LogP contribution in [0.4, 0.5) is 5.69 Å². The number of anilines is 1. The van der Waals surface area contributed by atoms with Crippen molar-refractivity contribution in [3.63, 3.8) is 0 Å². The van der Waals surface area contributed by atoms with E-state index in [1.807, 2.05) is 36.5 Å². The maximum absolute atomic E-state index is 13.2. The third-order valence-corrected chi connectivity index (χ3v) is 6.11. The maximum Gasteiger partial charge on any atom is 0.243 e. The molecule has 3 heterocycles. The molecule has 178 valence electrons. The van der Waals surface area contributed by atoms with Gasteiger partial charge in [0.15, 0.2) is 11.5 Å². The molecule has 35 heavy (non-hydrogen) atoms. The van der Waals surface area contributed by atoms with E-state index in [0.29, 0.717) is 42.6 Å². The summed E-state index contributed by atoms with van der Waals surface area (Å²) in [5.74, 6) is 1.11. The standard InChI is InChI=1S/C27H26N4O4/c1-34-23-10-4-6-19-17-31(22-9-5-14-29-27(22)35-26(19)23)25(33)12-11-24(32)28-15-13-18-16-30-21-8-3-2-7-20(18)21/h2-10,14,16,30H,11-13,15,17H2,1H3,(H,28,32). The van der Waals surface area contributed by atoms with E-state index in [1.54, 1.807) is 36.4 Å². The topological polar surface area (TPSA) is 96.6 Å². The molecule has 0 bridgehead atoms. The van der Waals surface area contributed by atoms with Crippen molar-refractivity contribution in [2.45, 2.75) is 25.8 Å². The van der Waals surface area contributed by atoms with E-state index in [2.05, 4.69) is 21.4 Å². The number of H-pyrrole nitrogens is 1. The van der Waals surface area contributed by atoms with Crippen LogP contribution < -0.4 is 19.7 Å². The summed E-state index contributed by atoms with van der Waals surface area (Å²) in [6.07, 6.45) is 4.48. The summed E-state index contributed by atoms with van der Waals surface area (Å²) in [6.45, 7) is 0.804. The second-order valence-electron chi connectivity index (χ2n) is 8.32. The van der Waals surface area contributed by atoms with Crippen molar-refractivity contribution < 1.29 is 19.1 Å². The normalized spacial score (nSPS) is 12.3. The van der Waals surface area contributed by atoms with Crippen LogP contribution in [-0.2, 0) is 22.6 Å². The molecule has 0 fully saturated rings. The van der Waals surface area contributed by atoms with Crippen LogP contribution in [0, 0.1) is 0 Å². The zero-order valence-corrected chi connectivity index (χ0v) is 19.4. The quantitative estimate of drug-likeness (QED) is 0.419. The first-order valence-corrected chi connectivity index (χ1v) is 11.5. The zero-order chi connectivity index (χ0) is 24.2. The van der Waals surface area contributed by atoms with Gasteiger partial charge < -0.3 is 24.7 Å². The molecule has 8 nitrogen and oxygen atoms in total. The largest absolute Gasteiger partial charge is 0.493 e. The number of aromatic amines is 1. The molecule has 2 aromatic carbocycles. The highest BCUT2D eigenvalue weighted by Crippen LogP contribution is 2.42. The number of fused-ring (bicyclic) bond motifs is 3. The number of benzene rings is 2. The first kappa shape index (κ1) is 22.5. The summed E-state index contributed by atoms with van der Waals surface area (Å²) in [5.41, 5.74) is 3.60. The third kappa shape index (κ3) is 4.68. The van der Waals surface area contributed by atoms with Gasteiger partial charge in [0.1, 0.15) is 5.69 Å². The van der Waals surface area contributed by atoms with Gasteiger partial charge in [0, 0.05) is 48.2 Å². The van der Waals surface area contributed by atoms with Crippen molar-refractivity contribution in [1.82, 2.24) is 15.3 Å². The average molecular weight is 471 g/mol. The Morgan fingerprint density at radius 1 is 1.11 bits per heavy atom. The summed E-state index contributed by atoms with van der Waals surface area (Å²) < 4.78 is 11.5. The van der Waals surface area contributed by atoms with Crippen LogP contribution in [0.1, 0.15) is 24.0 Å². The van der Waals surface area contributed by atoms with Crippen molar-refractivity contribution in [1.29, 1.82) is 0 Å². The molecule has 1 aliphatic heterocycles. The molecule has 0 unspecified atom stereocenters. The second kappa shape index (κ2) is 9.89. The fourth-order valence-corrected chi connectivity index (χ4v) is 4.32. The third-order valence-electron chi connectivity index (χ3n) is 6.11. The molecular weight excluding hydrogens is 444 g/mol. The highest BCUT2D eigenvalue weighted by molar-refractivity contribution is 5.96. The summed E-state index contributed by atoms with van der Waals surface area (Å²) in [6, 6.07) is 17.2. The lowest BCUT2D eigenvalue weighted by Gasteiger charge is -2.21.